The number of hydrogen-bond acceptors (Lipinski definition) is 5. The predicted octanol–water partition coefficient (Wildman–Crippen LogP) is 3.28. The highest BCUT2D eigenvalue weighted by Gasteiger charge is 2.44. The molecule has 0 unspecified atom stereocenters. The number of amides is 2. The Labute approximate surface area is 167 Å². The van der Waals surface area contributed by atoms with Gasteiger partial charge in [-0.25, -0.2) is 0 Å². The van der Waals surface area contributed by atoms with Gasteiger partial charge in [0.15, 0.2) is 0 Å². The molecule has 0 saturated carbocycles. The van der Waals surface area contributed by atoms with Crippen molar-refractivity contribution in [3.63, 3.8) is 0 Å². The van der Waals surface area contributed by atoms with Gasteiger partial charge >= 0.3 is 0 Å². The van der Waals surface area contributed by atoms with Crippen LogP contribution in [0.2, 0.25) is 5.02 Å². The van der Waals surface area contributed by atoms with E-state index in [1.54, 1.807) is 26.0 Å². The van der Waals surface area contributed by atoms with Crippen molar-refractivity contribution in [3.05, 3.63) is 45.5 Å². The van der Waals surface area contributed by atoms with Crippen LogP contribution >= 0.6 is 23.4 Å². The maximum atomic E-state index is 12.3. The lowest BCUT2D eigenvalue weighted by molar-refractivity contribution is -0.125. The van der Waals surface area contributed by atoms with E-state index in [2.05, 4.69) is 16.7 Å². The monoisotopic (exact) mass is 402 g/mol. The van der Waals surface area contributed by atoms with Crippen molar-refractivity contribution >= 4 is 35.2 Å². The number of nitrogens with one attached hydrogen (secondary N) is 2. The van der Waals surface area contributed by atoms with Gasteiger partial charge in [0.25, 0.3) is 0 Å². The third-order valence-electron chi connectivity index (χ3n) is 4.41. The lowest BCUT2D eigenvalue weighted by Gasteiger charge is -2.34. The zero-order valence-electron chi connectivity index (χ0n) is 15.2. The number of nitrogens with zero attached hydrogens (tertiary/aromatic N) is 2. The number of hydrogen-bond donors (Lipinski definition) is 2. The number of benzene rings is 1. The van der Waals surface area contributed by atoms with E-state index in [0.717, 1.165) is 17.3 Å². The highest BCUT2D eigenvalue weighted by molar-refractivity contribution is 8.03. The normalized spacial score (nSPS) is 19.5. The second-order valence-electron chi connectivity index (χ2n) is 6.72. The van der Waals surface area contributed by atoms with E-state index in [9.17, 15) is 20.1 Å². The smallest absolute Gasteiger partial charge is 0.243 e. The fourth-order valence-electron chi connectivity index (χ4n) is 2.81. The maximum Gasteiger partial charge on any atom is 0.243 e. The van der Waals surface area contributed by atoms with Gasteiger partial charge in [0, 0.05) is 10.4 Å². The first-order chi connectivity index (χ1) is 12.7. The first-order valence-electron chi connectivity index (χ1n) is 8.23. The zero-order chi connectivity index (χ0) is 20.2. The van der Waals surface area contributed by atoms with Crippen LogP contribution in [0.25, 0.3) is 0 Å². The standard InChI is InChI=1S/C19H19ClN4O2S/c1-11(12-5-4-6-13(20)7-12)23-16(25)10-27-18-15(9-22)19(2,3)14(8-21)17(26)24-18/h4-7,11,14H,10H2,1-3H3,(H,23,25)(H,24,26)/t11-,14+/m0/s1. The molecule has 0 saturated heterocycles. The molecule has 0 spiro atoms. The van der Waals surface area contributed by atoms with Crippen LogP contribution in [0.4, 0.5) is 0 Å². The molecule has 1 heterocycles. The van der Waals surface area contributed by atoms with E-state index in [-0.39, 0.29) is 17.7 Å². The van der Waals surface area contributed by atoms with Crippen LogP contribution in [0.1, 0.15) is 32.4 Å². The van der Waals surface area contributed by atoms with E-state index >= 15 is 0 Å². The van der Waals surface area contributed by atoms with Crippen molar-refractivity contribution in [2.24, 2.45) is 11.3 Å². The van der Waals surface area contributed by atoms with Gasteiger partial charge in [0.05, 0.1) is 34.5 Å². The van der Waals surface area contributed by atoms with E-state index in [4.69, 9.17) is 11.6 Å². The molecule has 0 radical (unpaired) electrons. The van der Waals surface area contributed by atoms with E-state index in [0.29, 0.717) is 15.6 Å². The summed E-state index contributed by atoms with van der Waals surface area (Å²) in [4.78, 5) is 24.4. The minimum atomic E-state index is -0.951. The molecule has 2 rings (SSSR count). The zero-order valence-corrected chi connectivity index (χ0v) is 16.7. The molecule has 2 atom stereocenters. The first kappa shape index (κ1) is 20.8. The molecular formula is C19H19ClN4O2S. The second kappa shape index (κ2) is 8.47. The molecule has 1 aromatic rings. The number of carbonyl (C=O) groups excluding carboxylic acids is 2. The van der Waals surface area contributed by atoms with Crippen LogP contribution < -0.4 is 10.6 Å². The molecule has 1 aromatic carbocycles. The minimum absolute atomic E-state index is 0.0268. The highest BCUT2D eigenvalue weighted by atomic mass is 35.5. The van der Waals surface area contributed by atoms with Gasteiger partial charge in [0.2, 0.25) is 11.8 Å². The van der Waals surface area contributed by atoms with Gasteiger partial charge in [-0.05, 0) is 24.6 Å². The molecule has 2 N–H and O–H groups in total. The summed E-state index contributed by atoms with van der Waals surface area (Å²) in [6.07, 6.45) is 0. The van der Waals surface area contributed by atoms with Gasteiger partial charge < -0.3 is 10.6 Å². The molecule has 0 fully saturated rings. The SMILES string of the molecule is C[C@H](NC(=O)CSC1=C(C#N)C(C)(C)[C@H](C#N)C(=O)N1)c1cccc(Cl)c1. The van der Waals surface area contributed by atoms with Crippen molar-refractivity contribution in [2.45, 2.75) is 26.8 Å². The van der Waals surface area contributed by atoms with Gasteiger partial charge in [-0.2, -0.15) is 10.5 Å². The number of carbonyl (C=O) groups is 2. The Balaban J connectivity index is 2.07. The molecule has 0 bridgehead atoms. The predicted molar refractivity (Wildman–Crippen MR) is 104 cm³/mol. The summed E-state index contributed by atoms with van der Waals surface area (Å²) in [7, 11) is 0. The number of nitriles is 2. The van der Waals surface area contributed by atoms with Crippen LogP contribution in [0, 0.1) is 34.0 Å². The molecule has 27 heavy (non-hydrogen) atoms. The summed E-state index contributed by atoms with van der Waals surface area (Å²) in [6, 6.07) is 11.0. The second-order valence-corrected chi connectivity index (χ2v) is 8.14. The summed E-state index contributed by atoms with van der Waals surface area (Å²) in [5.74, 6) is -1.63. The van der Waals surface area contributed by atoms with Crippen LogP contribution in [0.15, 0.2) is 34.9 Å². The number of thioether (sulfide) groups is 1. The molecule has 1 aliphatic heterocycles. The Bertz CT molecular complexity index is 882. The summed E-state index contributed by atoms with van der Waals surface area (Å²) >= 11 is 7.04. The Kier molecular flexibility index (Phi) is 6.54. The average molecular weight is 403 g/mol. The van der Waals surface area contributed by atoms with Gasteiger partial charge in [0.1, 0.15) is 5.92 Å². The largest absolute Gasteiger partial charge is 0.349 e. The molecule has 1 aliphatic rings. The quantitative estimate of drug-likeness (QED) is 0.786. The molecule has 0 aromatic heterocycles. The van der Waals surface area contributed by atoms with Crippen LogP contribution in [-0.2, 0) is 9.59 Å². The van der Waals surface area contributed by atoms with E-state index in [1.807, 2.05) is 25.1 Å². The highest BCUT2D eigenvalue weighted by Crippen LogP contribution is 2.41. The van der Waals surface area contributed by atoms with E-state index in [1.165, 1.54) is 0 Å². The lowest BCUT2D eigenvalue weighted by Crippen LogP contribution is -2.44. The summed E-state index contributed by atoms with van der Waals surface area (Å²) < 4.78 is 0. The van der Waals surface area contributed by atoms with Gasteiger partial charge in [-0.15, -0.1) is 0 Å². The van der Waals surface area contributed by atoms with Crippen molar-refractivity contribution in [2.75, 3.05) is 5.75 Å². The Hall–Kier alpha value is -2.48. The molecular weight excluding hydrogens is 384 g/mol. The fourth-order valence-corrected chi connectivity index (χ4v) is 4.00. The van der Waals surface area contributed by atoms with Gasteiger partial charge in [-0.3, -0.25) is 9.59 Å². The maximum absolute atomic E-state index is 12.3. The van der Waals surface area contributed by atoms with Gasteiger partial charge in [-0.1, -0.05) is 49.3 Å². The third-order valence-corrected chi connectivity index (χ3v) is 5.64. The molecule has 8 heteroatoms. The average Bonchev–Trinajstić information content (AvgIpc) is 2.59. The Morgan fingerprint density at radius 3 is 2.74 bits per heavy atom. The Morgan fingerprint density at radius 2 is 2.15 bits per heavy atom. The lowest BCUT2D eigenvalue weighted by atomic mass is 9.72. The third kappa shape index (κ3) is 4.63. The number of rotatable bonds is 5. The molecule has 0 aliphatic carbocycles. The van der Waals surface area contributed by atoms with Crippen molar-refractivity contribution in [1.82, 2.24) is 10.6 Å². The summed E-state index contributed by atoms with van der Waals surface area (Å²) in [6.45, 7) is 5.21. The van der Waals surface area contributed by atoms with Crippen LogP contribution in [0.3, 0.4) is 0 Å². The molecule has 140 valence electrons. The van der Waals surface area contributed by atoms with E-state index < -0.39 is 17.2 Å². The van der Waals surface area contributed by atoms with Crippen LogP contribution in [-0.4, -0.2) is 17.6 Å². The summed E-state index contributed by atoms with van der Waals surface area (Å²) in [5.41, 5.74) is 0.259. The fraction of sp³-hybridized carbons (Fsp3) is 0.368. The topological polar surface area (TPSA) is 106 Å². The van der Waals surface area contributed by atoms with Crippen molar-refractivity contribution in [1.29, 1.82) is 10.5 Å². The number of allylic oxidation sites excluding steroid dienone is 1. The first-order valence-corrected chi connectivity index (χ1v) is 9.60. The van der Waals surface area contributed by atoms with Crippen molar-refractivity contribution < 1.29 is 9.59 Å². The minimum Gasteiger partial charge on any atom is -0.349 e. The molecule has 2 amide bonds. The van der Waals surface area contributed by atoms with Crippen molar-refractivity contribution in [3.8, 4) is 12.1 Å². The van der Waals surface area contributed by atoms with Crippen LogP contribution in [0.5, 0.6) is 0 Å². The molecule has 6 nitrogen and oxygen atoms in total. The summed E-state index contributed by atoms with van der Waals surface area (Å²) in [5, 5.41) is 25.1. The Morgan fingerprint density at radius 1 is 1.44 bits per heavy atom. The number of halogens is 1.